The molecule has 75 heavy (non-hydrogen) atoms. The topological polar surface area (TPSA) is 8.17 Å². The van der Waals surface area contributed by atoms with Gasteiger partial charge in [-0.05, 0) is 144 Å². The van der Waals surface area contributed by atoms with E-state index in [0.717, 1.165) is 28.2 Å². The van der Waals surface area contributed by atoms with Gasteiger partial charge in [0, 0.05) is 38.8 Å². The van der Waals surface area contributed by atoms with Crippen molar-refractivity contribution < 1.29 is 0 Å². The molecule has 12 aromatic carbocycles. The molecule has 0 amide bonds. The van der Waals surface area contributed by atoms with E-state index in [9.17, 15) is 0 Å². The SMILES string of the molecule is CC1(C)c2ccccc2-c2ccc(-n3c4ccccc4c4c(-c5cccc(-c6ccccc6N(c6ccc(-c7ccccc7)cc6)c6ccc(-c7ccc(-c8cccc9ccccc89)cc7)cc6)c5)cccc43)cc21. The second-order valence-electron chi connectivity index (χ2n) is 20.4. The van der Waals surface area contributed by atoms with E-state index in [2.05, 4.69) is 302 Å². The van der Waals surface area contributed by atoms with E-state index < -0.39 is 0 Å². The molecule has 1 aliphatic rings. The Bertz CT molecular complexity index is 4290. The van der Waals surface area contributed by atoms with Gasteiger partial charge in [0.25, 0.3) is 0 Å². The maximum atomic E-state index is 2.47. The van der Waals surface area contributed by atoms with Gasteiger partial charge in [0.15, 0.2) is 0 Å². The Labute approximate surface area is 438 Å². The highest BCUT2D eigenvalue weighted by molar-refractivity contribution is 6.16. The van der Waals surface area contributed by atoms with Crippen LogP contribution in [0.1, 0.15) is 25.0 Å². The first-order valence-corrected chi connectivity index (χ1v) is 26.1. The van der Waals surface area contributed by atoms with Crippen molar-refractivity contribution in [2.24, 2.45) is 0 Å². The first kappa shape index (κ1) is 44.2. The van der Waals surface area contributed by atoms with Gasteiger partial charge in [0.05, 0.1) is 16.7 Å². The molecule has 0 radical (unpaired) electrons. The number of benzene rings is 12. The Morgan fingerprint density at radius 3 is 1.56 bits per heavy atom. The number of fused-ring (bicyclic) bond motifs is 7. The van der Waals surface area contributed by atoms with Crippen molar-refractivity contribution in [1.29, 1.82) is 0 Å². The summed E-state index contributed by atoms with van der Waals surface area (Å²) in [7, 11) is 0. The highest BCUT2D eigenvalue weighted by Crippen LogP contribution is 2.50. The number of hydrogen-bond acceptors (Lipinski definition) is 1. The van der Waals surface area contributed by atoms with Gasteiger partial charge >= 0.3 is 0 Å². The lowest BCUT2D eigenvalue weighted by molar-refractivity contribution is 0.660. The molecule has 0 saturated carbocycles. The molecule has 0 N–H and O–H groups in total. The molecule has 0 aliphatic heterocycles. The summed E-state index contributed by atoms with van der Waals surface area (Å²) >= 11 is 0. The molecular weight excluding hydrogens is 905 g/mol. The van der Waals surface area contributed by atoms with Gasteiger partial charge < -0.3 is 9.47 Å². The van der Waals surface area contributed by atoms with Crippen molar-refractivity contribution >= 4 is 49.6 Å². The first-order chi connectivity index (χ1) is 37.0. The van der Waals surface area contributed by atoms with Gasteiger partial charge in [-0.15, -0.1) is 0 Å². The van der Waals surface area contributed by atoms with E-state index in [4.69, 9.17) is 0 Å². The predicted octanol–water partition coefficient (Wildman–Crippen LogP) is 20.0. The molecule has 1 aliphatic carbocycles. The largest absolute Gasteiger partial charge is 0.310 e. The fourth-order valence-electron chi connectivity index (χ4n) is 12.1. The number of anilines is 3. The summed E-state index contributed by atoms with van der Waals surface area (Å²) in [5.41, 5.74) is 24.1. The molecule has 2 heteroatoms. The molecule has 13 aromatic rings. The molecule has 2 nitrogen and oxygen atoms in total. The summed E-state index contributed by atoms with van der Waals surface area (Å²) in [6.45, 7) is 4.72. The molecular formula is C73H52N2. The smallest absolute Gasteiger partial charge is 0.0547 e. The Hall–Kier alpha value is -9.50. The summed E-state index contributed by atoms with van der Waals surface area (Å²) in [5, 5.41) is 5.02. The van der Waals surface area contributed by atoms with Gasteiger partial charge in [0.2, 0.25) is 0 Å². The number of para-hydroxylation sites is 2. The van der Waals surface area contributed by atoms with Crippen molar-refractivity contribution in [2.75, 3.05) is 4.90 Å². The van der Waals surface area contributed by atoms with Crippen LogP contribution in [0.15, 0.2) is 279 Å². The summed E-state index contributed by atoms with van der Waals surface area (Å²) in [6, 6.07) is 103. The van der Waals surface area contributed by atoms with Gasteiger partial charge in [-0.25, -0.2) is 0 Å². The van der Waals surface area contributed by atoms with Crippen LogP contribution >= 0.6 is 0 Å². The highest BCUT2D eigenvalue weighted by atomic mass is 15.1. The molecule has 1 aromatic heterocycles. The maximum Gasteiger partial charge on any atom is 0.0547 e. The van der Waals surface area contributed by atoms with Gasteiger partial charge in [-0.3, -0.25) is 0 Å². The molecule has 354 valence electrons. The lowest BCUT2D eigenvalue weighted by Crippen LogP contribution is -2.15. The Morgan fingerprint density at radius 2 is 0.800 bits per heavy atom. The standard InChI is InChI=1S/C73H52N2/c1-73(2)67-29-11-8-25-64(67)65-46-45-59(48-68(65)73)75-70-31-13-10-26-66(70)72-63(28-16-32-71(72)75)56-22-14-21-55(47-56)62-24-9-12-30-69(62)74(57-41-37-51(38-42-57)49-17-4-3-5-18-49)58-43-39-52(40-44-58)50-33-35-54(36-34-50)61-27-15-20-53-19-6-7-23-60(53)61/h3-48H,1-2H3. The molecule has 0 atom stereocenters. The second kappa shape index (κ2) is 17.9. The third-order valence-electron chi connectivity index (χ3n) is 15.8. The lowest BCUT2D eigenvalue weighted by Gasteiger charge is -2.28. The molecule has 0 spiro atoms. The minimum absolute atomic E-state index is 0.0974. The van der Waals surface area contributed by atoms with Gasteiger partial charge in [-0.2, -0.15) is 0 Å². The molecule has 0 unspecified atom stereocenters. The predicted molar refractivity (Wildman–Crippen MR) is 318 cm³/mol. The van der Waals surface area contributed by atoms with E-state index in [1.165, 1.54) is 105 Å². The molecule has 14 rings (SSSR count). The normalized spacial score (nSPS) is 12.5. The van der Waals surface area contributed by atoms with Crippen LogP contribution in [-0.4, -0.2) is 4.57 Å². The van der Waals surface area contributed by atoms with E-state index in [-0.39, 0.29) is 5.41 Å². The zero-order valence-electron chi connectivity index (χ0n) is 42.0. The Balaban J connectivity index is 0.856. The number of rotatable bonds is 9. The molecule has 0 bridgehead atoms. The highest BCUT2D eigenvalue weighted by Gasteiger charge is 2.35. The van der Waals surface area contributed by atoms with Crippen LogP contribution in [0.2, 0.25) is 0 Å². The van der Waals surface area contributed by atoms with Gasteiger partial charge in [0.1, 0.15) is 0 Å². The van der Waals surface area contributed by atoms with Crippen LogP contribution in [0, 0.1) is 0 Å². The minimum atomic E-state index is -0.0974. The number of hydrogen-bond donors (Lipinski definition) is 0. The summed E-state index contributed by atoms with van der Waals surface area (Å²) in [6.07, 6.45) is 0. The lowest BCUT2D eigenvalue weighted by atomic mass is 9.82. The van der Waals surface area contributed by atoms with Crippen molar-refractivity contribution in [3.63, 3.8) is 0 Å². The second-order valence-corrected chi connectivity index (χ2v) is 20.4. The van der Waals surface area contributed by atoms with Crippen molar-refractivity contribution in [3.05, 3.63) is 290 Å². The summed E-state index contributed by atoms with van der Waals surface area (Å²) in [4.78, 5) is 2.41. The molecule has 0 saturated heterocycles. The van der Waals surface area contributed by atoms with E-state index in [1.807, 2.05) is 0 Å². The molecule has 0 fully saturated rings. The van der Waals surface area contributed by atoms with Crippen LogP contribution < -0.4 is 4.90 Å². The molecule has 1 heterocycles. The first-order valence-electron chi connectivity index (χ1n) is 26.1. The van der Waals surface area contributed by atoms with Crippen LogP contribution in [0.4, 0.5) is 17.1 Å². The van der Waals surface area contributed by atoms with Gasteiger partial charge in [-0.1, -0.05) is 232 Å². The zero-order chi connectivity index (χ0) is 50.0. The van der Waals surface area contributed by atoms with Crippen LogP contribution in [-0.2, 0) is 5.41 Å². The minimum Gasteiger partial charge on any atom is -0.310 e. The third kappa shape index (κ3) is 7.48. The van der Waals surface area contributed by atoms with Crippen molar-refractivity contribution in [2.45, 2.75) is 19.3 Å². The van der Waals surface area contributed by atoms with Crippen LogP contribution in [0.3, 0.4) is 0 Å². The fourth-order valence-corrected chi connectivity index (χ4v) is 12.1. The average molecular weight is 957 g/mol. The zero-order valence-corrected chi connectivity index (χ0v) is 42.0. The summed E-state index contributed by atoms with van der Waals surface area (Å²) in [5.74, 6) is 0. The van der Waals surface area contributed by atoms with E-state index >= 15 is 0 Å². The third-order valence-corrected chi connectivity index (χ3v) is 15.8. The maximum absolute atomic E-state index is 2.47. The summed E-state index contributed by atoms with van der Waals surface area (Å²) < 4.78 is 2.47. The quantitative estimate of drug-likeness (QED) is 0.140. The van der Waals surface area contributed by atoms with E-state index in [0.29, 0.717) is 0 Å². The fraction of sp³-hybridized carbons (Fsp3) is 0.0411. The average Bonchev–Trinajstić information content (AvgIpc) is 3.95. The monoisotopic (exact) mass is 956 g/mol. The Morgan fingerprint density at radius 1 is 0.307 bits per heavy atom. The van der Waals surface area contributed by atoms with Crippen LogP contribution in [0.25, 0.3) is 105 Å². The van der Waals surface area contributed by atoms with E-state index in [1.54, 1.807) is 0 Å². The number of nitrogens with zero attached hydrogens (tertiary/aromatic N) is 2. The Kier molecular flexibility index (Phi) is 10.6. The van der Waals surface area contributed by atoms with Crippen molar-refractivity contribution in [3.8, 4) is 72.4 Å². The number of aromatic nitrogens is 1. The van der Waals surface area contributed by atoms with Crippen LogP contribution in [0.5, 0.6) is 0 Å². The van der Waals surface area contributed by atoms with Crippen molar-refractivity contribution in [1.82, 2.24) is 4.57 Å².